The molecule has 0 aliphatic carbocycles. The Labute approximate surface area is 133 Å². The third kappa shape index (κ3) is 2.59. The Morgan fingerprint density at radius 2 is 2.04 bits per heavy atom. The van der Waals surface area contributed by atoms with Crippen LogP contribution in [0.2, 0.25) is 0 Å². The van der Waals surface area contributed by atoms with Crippen LogP contribution in [0, 0.1) is 11.7 Å². The van der Waals surface area contributed by atoms with Gasteiger partial charge in [-0.25, -0.2) is 4.39 Å². The minimum Gasteiger partial charge on any atom is -0.316 e. The van der Waals surface area contributed by atoms with Crippen molar-refractivity contribution in [3.05, 3.63) is 54.1 Å². The molecule has 1 fully saturated rings. The highest BCUT2D eigenvalue weighted by atomic mass is 19.1. The second-order valence-electron chi connectivity index (χ2n) is 5.99. The summed E-state index contributed by atoms with van der Waals surface area (Å²) in [5.74, 6) is 0.156. The lowest BCUT2D eigenvalue weighted by molar-refractivity contribution is 0.262. The first-order valence-electron chi connectivity index (χ1n) is 7.95. The zero-order chi connectivity index (χ0) is 15.6. The molecule has 1 N–H and O–H groups in total. The molecule has 1 aliphatic rings. The molecule has 118 valence electrons. The third-order valence-corrected chi connectivity index (χ3v) is 4.62. The quantitative estimate of drug-likeness (QED) is 0.807. The molecular weight excluding hydrogens is 293 g/mol. The molecule has 1 unspecified atom stereocenters. The van der Waals surface area contributed by atoms with Crippen molar-refractivity contribution in [3.63, 3.8) is 0 Å². The van der Waals surface area contributed by atoms with E-state index >= 15 is 0 Å². The fourth-order valence-corrected chi connectivity index (χ4v) is 3.56. The molecular formula is C17H18FN5. The summed E-state index contributed by atoms with van der Waals surface area (Å²) in [4.78, 5) is 1.66. The number of tetrazole rings is 1. The van der Waals surface area contributed by atoms with E-state index in [0.29, 0.717) is 11.3 Å². The average molecular weight is 311 g/mol. The second-order valence-corrected chi connectivity index (χ2v) is 5.99. The maximum atomic E-state index is 14.2. The average Bonchev–Trinajstić information content (AvgIpc) is 3.13. The number of halogens is 1. The van der Waals surface area contributed by atoms with Gasteiger partial charge in [-0.15, -0.1) is 10.2 Å². The van der Waals surface area contributed by atoms with Crippen LogP contribution in [-0.2, 0) is 0 Å². The van der Waals surface area contributed by atoms with Crippen molar-refractivity contribution in [2.75, 3.05) is 13.1 Å². The van der Waals surface area contributed by atoms with Gasteiger partial charge in [0, 0.05) is 11.9 Å². The fourth-order valence-electron chi connectivity index (χ4n) is 3.56. The summed E-state index contributed by atoms with van der Waals surface area (Å²) < 4.78 is 14.2. The van der Waals surface area contributed by atoms with Crippen LogP contribution in [0.25, 0.3) is 10.8 Å². The predicted octanol–water partition coefficient (Wildman–Crippen LogP) is 2.55. The van der Waals surface area contributed by atoms with Crippen LogP contribution in [0.4, 0.5) is 4.39 Å². The molecule has 0 spiro atoms. The molecule has 1 saturated heterocycles. The summed E-state index contributed by atoms with van der Waals surface area (Å²) in [5, 5.41) is 17.3. The van der Waals surface area contributed by atoms with Crippen LogP contribution in [0.1, 0.15) is 24.4 Å². The SMILES string of the molecule is Fc1ccc([C@H](C2CCCNC2)n2ncnn2)c2ccccc12. The van der Waals surface area contributed by atoms with Gasteiger partial charge in [0.15, 0.2) is 6.33 Å². The van der Waals surface area contributed by atoms with Crippen molar-refractivity contribution >= 4 is 10.8 Å². The first-order valence-corrected chi connectivity index (χ1v) is 7.95. The van der Waals surface area contributed by atoms with E-state index in [1.807, 2.05) is 30.3 Å². The summed E-state index contributed by atoms with van der Waals surface area (Å²) in [6, 6.07) is 10.9. The maximum Gasteiger partial charge on any atom is 0.162 e. The molecule has 5 nitrogen and oxygen atoms in total. The Hall–Kier alpha value is -2.34. The van der Waals surface area contributed by atoms with Crippen molar-refractivity contribution in [2.45, 2.75) is 18.9 Å². The summed E-state index contributed by atoms with van der Waals surface area (Å²) in [7, 11) is 0. The molecule has 0 bridgehead atoms. The van der Waals surface area contributed by atoms with E-state index in [1.54, 1.807) is 4.80 Å². The zero-order valence-electron chi connectivity index (χ0n) is 12.7. The van der Waals surface area contributed by atoms with Crippen LogP contribution < -0.4 is 5.32 Å². The maximum absolute atomic E-state index is 14.2. The van der Waals surface area contributed by atoms with Crippen molar-refractivity contribution in [1.82, 2.24) is 25.5 Å². The number of nitrogens with zero attached hydrogens (tertiary/aromatic N) is 4. The number of rotatable bonds is 3. The number of hydrogen-bond acceptors (Lipinski definition) is 4. The van der Waals surface area contributed by atoms with Crippen LogP contribution in [0.15, 0.2) is 42.7 Å². The second kappa shape index (κ2) is 6.04. The lowest BCUT2D eigenvalue weighted by atomic mass is 9.85. The van der Waals surface area contributed by atoms with Gasteiger partial charge in [-0.1, -0.05) is 30.3 Å². The number of aromatic nitrogens is 4. The van der Waals surface area contributed by atoms with E-state index in [2.05, 4.69) is 20.7 Å². The zero-order valence-corrected chi connectivity index (χ0v) is 12.7. The largest absolute Gasteiger partial charge is 0.316 e. The van der Waals surface area contributed by atoms with Crippen LogP contribution >= 0.6 is 0 Å². The van der Waals surface area contributed by atoms with Crippen molar-refractivity contribution in [1.29, 1.82) is 0 Å². The first-order chi connectivity index (χ1) is 11.3. The number of nitrogens with one attached hydrogen (secondary N) is 1. The molecule has 23 heavy (non-hydrogen) atoms. The Balaban J connectivity index is 1.88. The molecule has 4 rings (SSSR count). The van der Waals surface area contributed by atoms with Gasteiger partial charge < -0.3 is 5.32 Å². The van der Waals surface area contributed by atoms with Gasteiger partial charge in [-0.3, -0.25) is 0 Å². The Morgan fingerprint density at radius 3 is 2.78 bits per heavy atom. The fraction of sp³-hybridized carbons (Fsp3) is 0.353. The number of benzene rings is 2. The summed E-state index contributed by atoms with van der Waals surface area (Å²) >= 11 is 0. The minimum atomic E-state index is -0.198. The van der Waals surface area contributed by atoms with E-state index in [0.717, 1.165) is 36.9 Å². The lowest BCUT2D eigenvalue weighted by Crippen LogP contribution is -2.36. The van der Waals surface area contributed by atoms with Gasteiger partial charge in [0.25, 0.3) is 0 Å². The molecule has 2 atom stereocenters. The van der Waals surface area contributed by atoms with Crippen LogP contribution in [0.5, 0.6) is 0 Å². The highest BCUT2D eigenvalue weighted by Crippen LogP contribution is 2.35. The molecule has 3 aromatic rings. The van der Waals surface area contributed by atoms with Gasteiger partial charge in [-0.05, 0) is 47.5 Å². The van der Waals surface area contributed by atoms with Crippen molar-refractivity contribution in [2.24, 2.45) is 5.92 Å². The standard InChI is InChI=1S/C17H18FN5/c18-16-8-7-15(13-5-1-2-6-14(13)16)17(23-21-11-20-22-23)12-4-3-9-19-10-12/h1-2,5-8,11-12,17,19H,3-4,9-10H2/t12?,17-/m0/s1. The summed E-state index contributed by atoms with van der Waals surface area (Å²) in [6.45, 7) is 1.94. The summed E-state index contributed by atoms with van der Waals surface area (Å²) in [5.41, 5.74) is 1.05. The molecule has 0 saturated carbocycles. The Kier molecular flexibility index (Phi) is 3.75. The van der Waals surface area contributed by atoms with E-state index in [4.69, 9.17) is 0 Å². The molecule has 2 heterocycles. The number of piperidine rings is 1. The highest BCUT2D eigenvalue weighted by molar-refractivity contribution is 5.86. The van der Waals surface area contributed by atoms with E-state index in [-0.39, 0.29) is 11.9 Å². The molecule has 6 heteroatoms. The smallest absolute Gasteiger partial charge is 0.162 e. The normalized spacial score (nSPS) is 19.8. The van der Waals surface area contributed by atoms with E-state index in [1.165, 1.54) is 12.4 Å². The monoisotopic (exact) mass is 311 g/mol. The Morgan fingerprint density at radius 1 is 1.17 bits per heavy atom. The van der Waals surface area contributed by atoms with Gasteiger partial charge in [-0.2, -0.15) is 4.80 Å². The number of fused-ring (bicyclic) bond motifs is 1. The molecule has 1 aromatic heterocycles. The predicted molar refractivity (Wildman–Crippen MR) is 85.5 cm³/mol. The van der Waals surface area contributed by atoms with Gasteiger partial charge in [0.2, 0.25) is 0 Å². The van der Waals surface area contributed by atoms with Crippen LogP contribution in [0.3, 0.4) is 0 Å². The van der Waals surface area contributed by atoms with Gasteiger partial charge in [0.1, 0.15) is 11.9 Å². The molecule has 2 aromatic carbocycles. The summed E-state index contributed by atoms with van der Waals surface area (Å²) in [6.07, 6.45) is 3.66. The third-order valence-electron chi connectivity index (χ3n) is 4.62. The van der Waals surface area contributed by atoms with Crippen molar-refractivity contribution in [3.8, 4) is 0 Å². The van der Waals surface area contributed by atoms with E-state index in [9.17, 15) is 4.39 Å². The van der Waals surface area contributed by atoms with E-state index < -0.39 is 0 Å². The lowest BCUT2D eigenvalue weighted by Gasteiger charge is -2.30. The van der Waals surface area contributed by atoms with Crippen molar-refractivity contribution < 1.29 is 4.39 Å². The van der Waals surface area contributed by atoms with Crippen LogP contribution in [-0.4, -0.2) is 33.3 Å². The minimum absolute atomic E-state index is 0.0456. The Bertz CT molecular complexity index is 796. The van der Waals surface area contributed by atoms with Gasteiger partial charge in [0.05, 0.1) is 0 Å². The van der Waals surface area contributed by atoms with Gasteiger partial charge >= 0.3 is 0 Å². The molecule has 1 aliphatic heterocycles. The topological polar surface area (TPSA) is 55.6 Å². The molecule has 0 radical (unpaired) electrons. The highest BCUT2D eigenvalue weighted by Gasteiger charge is 2.29. The first kappa shape index (κ1) is 14.3. The molecule has 0 amide bonds. The number of hydrogen-bond donors (Lipinski definition) is 1.